The van der Waals surface area contributed by atoms with Crippen molar-refractivity contribution in [2.45, 2.75) is 0 Å². The van der Waals surface area contributed by atoms with Crippen molar-refractivity contribution in [1.29, 1.82) is 0 Å². The van der Waals surface area contributed by atoms with Crippen molar-refractivity contribution in [3.63, 3.8) is 0 Å². The molecule has 0 spiro atoms. The fourth-order valence-corrected chi connectivity index (χ4v) is 11.1. The second-order valence-electron chi connectivity index (χ2n) is 16.3. The number of fused-ring (bicyclic) bond motifs is 18. The first-order valence-corrected chi connectivity index (χ1v) is 20.4. The number of hydrogen-bond donors (Lipinski definition) is 0. The molecule has 6 aromatic heterocycles. The van der Waals surface area contributed by atoms with Crippen molar-refractivity contribution in [3.05, 3.63) is 182 Å². The molecule has 0 saturated carbocycles. The van der Waals surface area contributed by atoms with Crippen LogP contribution in [0, 0.1) is 0 Å². The van der Waals surface area contributed by atoms with Crippen LogP contribution in [0.2, 0.25) is 0 Å². The molecule has 0 amide bonds. The Hall–Kier alpha value is -7.95. The largest absolute Gasteiger partial charge is 0.309 e. The van der Waals surface area contributed by atoms with Crippen molar-refractivity contribution in [2.24, 2.45) is 0 Å². The van der Waals surface area contributed by atoms with Crippen LogP contribution in [0.1, 0.15) is 0 Å². The second kappa shape index (κ2) is 10.5. The fourth-order valence-electron chi connectivity index (χ4n) is 11.1. The zero-order chi connectivity index (χ0) is 38.1. The molecule has 0 unspecified atom stereocenters. The van der Waals surface area contributed by atoms with Gasteiger partial charge in [-0.1, -0.05) is 127 Å². The summed E-state index contributed by atoms with van der Waals surface area (Å²) < 4.78 is 7.37. The van der Waals surface area contributed by atoms with E-state index in [4.69, 9.17) is 4.98 Å². The van der Waals surface area contributed by atoms with Gasteiger partial charge in [0.1, 0.15) is 5.65 Å². The molecule has 0 saturated heterocycles. The van der Waals surface area contributed by atoms with Crippen LogP contribution in [0.15, 0.2) is 182 Å². The number of aromatic nitrogens is 4. The fraction of sp³-hybridized carbons (Fsp3) is 0. The molecule has 0 fully saturated rings. The Kier molecular flexibility index (Phi) is 5.38. The summed E-state index contributed by atoms with van der Waals surface area (Å²) in [5, 5.41) is 16.1. The van der Waals surface area contributed by atoms with Crippen molar-refractivity contribution in [3.8, 4) is 16.8 Å². The van der Waals surface area contributed by atoms with Gasteiger partial charge in [0.15, 0.2) is 0 Å². The number of nitrogens with zero attached hydrogens (tertiary/aromatic N) is 4. The van der Waals surface area contributed by atoms with Gasteiger partial charge in [0, 0.05) is 59.7 Å². The van der Waals surface area contributed by atoms with E-state index in [-0.39, 0.29) is 0 Å². The molecule has 15 aromatic rings. The lowest BCUT2D eigenvalue weighted by Gasteiger charge is -2.12. The molecule has 0 aliphatic rings. The molecule has 0 aliphatic heterocycles. The summed E-state index contributed by atoms with van der Waals surface area (Å²) in [5.74, 6) is 0. The van der Waals surface area contributed by atoms with Gasteiger partial charge in [-0.05, 0) is 81.7 Å². The van der Waals surface area contributed by atoms with Gasteiger partial charge in [-0.25, -0.2) is 4.98 Å². The third-order valence-corrected chi connectivity index (χ3v) is 13.4. The Morgan fingerprint density at radius 1 is 0.339 bits per heavy atom. The van der Waals surface area contributed by atoms with E-state index >= 15 is 0 Å². The minimum atomic E-state index is 0.999. The Morgan fingerprint density at radius 3 is 1.76 bits per heavy atom. The van der Waals surface area contributed by atoms with Crippen LogP contribution in [-0.2, 0) is 0 Å². The predicted octanol–water partition coefficient (Wildman–Crippen LogP) is 14.5. The number of benzene rings is 9. The van der Waals surface area contributed by atoms with E-state index in [0.29, 0.717) is 0 Å². The normalized spacial score (nSPS) is 12.7. The highest BCUT2D eigenvalue weighted by Gasteiger charge is 2.26. The highest BCUT2D eigenvalue weighted by Crippen LogP contribution is 2.48. The predicted molar refractivity (Wildman–Crippen MR) is 248 cm³/mol. The quantitative estimate of drug-likeness (QED) is 0.173. The first-order valence-electron chi connectivity index (χ1n) is 20.4. The molecule has 59 heavy (non-hydrogen) atoms. The molecule has 0 atom stereocenters. The summed E-state index contributed by atoms with van der Waals surface area (Å²) in [6.45, 7) is 0. The Morgan fingerprint density at radius 2 is 0.949 bits per heavy atom. The van der Waals surface area contributed by atoms with E-state index in [2.05, 4.69) is 195 Å². The summed E-state index contributed by atoms with van der Waals surface area (Å²) in [6.07, 6.45) is 0. The average Bonchev–Trinajstić information content (AvgIpc) is 4.08. The number of pyridine rings is 1. The van der Waals surface area contributed by atoms with Gasteiger partial charge >= 0.3 is 0 Å². The summed E-state index contributed by atoms with van der Waals surface area (Å²) in [6, 6.07) is 67.2. The molecule has 4 nitrogen and oxygen atoms in total. The third-order valence-electron chi connectivity index (χ3n) is 13.4. The standard InChI is InChI=1S/C55H30N4/c1-2-15-34(16-3-1)57-45-23-10-8-19-37(45)41-29-33(25-26-47(41)57)49-35-17-6-4-13-31(35)28-43-39-21-12-22-40-44-30-48-51(56-55(44)59(52(39)40)53(43)49)50-36-18-7-5-14-32(36)27-42-38-20-9-11-24-46(38)58(48)54(42)50/h1-30H. The Labute approximate surface area is 335 Å². The maximum atomic E-state index is 5.85. The number of para-hydroxylation sites is 4. The Balaban J connectivity index is 1.13. The lowest BCUT2D eigenvalue weighted by atomic mass is 9.93. The minimum Gasteiger partial charge on any atom is -0.309 e. The van der Waals surface area contributed by atoms with E-state index in [9.17, 15) is 0 Å². The second-order valence-corrected chi connectivity index (χ2v) is 16.3. The first-order chi connectivity index (χ1) is 29.3. The summed E-state index contributed by atoms with van der Waals surface area (Å²) >= 11 is 0. The van der Waals surface area contributed by atoms with Crippen molar-refractivity contribution >= 4 is 120 Å². The Bertz CT molecular complexity index is 4300. The molecule has 0 N–H and O–H groups in total. The molecular formula is C55H30N4. The van der Waals surface area contributed by atoms with Gasteiger partial charge in [-0.2, -0.15) is 0 Å². The summed E-state index contributed by atoms with van der Waals surface area (Å²) in [4.78, 5) is 5.85. The lowest BCUT2D eigenvalue weighted by molar-refractivity contribution is 1.18. The van der Waals surface area contributed by atoms with E-state index in [1.54, 1.807) is 0 Å². The van der Waals surface area contributed by atoms with Crippen LogP contribution in [0.5, 0.6) is 0 Å². The summed E-state index contributed by atoms with van der Waals surface area (Å²) in [7, 11) is 0. The molecule has 270 valence electrons. The highest BCUT2D eigenvalue weighted by molar-refractivity contribution is 6.33. The van der Waals surface area contributed by atoms with E-state index < -0.39 is 0 Å². The van der Waals surface area contributed by atoms with Crippen molar-refractivity contribution < 1.29 is 0 Å². The molecule has 9 aromatic carbocycles. The van der Waals surface area contributed by atoms with Gasteiger partial charge in [0.25, 0.3) is 0 Å². The van der Waals surface area contributed by atoms with Gasteiger partial charge in [0.05, 0.1) is 44.1 Å². The van der Waals surface area contributed by atoms with E-state index in [1.165, 1.54) is 114 Å². The van der Waals surface area contributed by atoms with E-state index in [0.717, 1.165) is 22.4 Å². The van der Waals surface area contributed by atoms with Crippen LogP contribution in [0.3, 0.4) is 0 Å². The van der Waals surface area contributed by atoms with Crippen LogP contribution in [-0.4, -0.2) is 18.4 Å². The third kappa shape index (κ3) is 3.60. The molecule has 15 rings (SSSR count). The molecule has 0 aliphatic carbocycles. The molecular weight excluding hydrogens is 717 g/mol. The average molecular weight is 747 g/mol. The molecule has 0 bridgehead atoms. The minimum absolute atomic E-state index is 0.999. The highest BCUT2D eigenvalue weighted by atomic mass is 15.0. The van der Waals surface area contributed by atoms with Crippen molar-refractivity contribution in [1.82, 2.24) is 18.4 Å². The van der Waals surface area contributed by atoms with Gasteiger partial charge < -0.3 is 8.97 Å². The van der Waals surface area contributed by atoms with Crippen molar-refractivity contribution in [2.75, 3.05) is 0 Å². The van der Waals surface area contributed by atoms with Crippen LogP contribution < -0.4 is 0 Å². The van der Waals surface area contributed by atoms with Crippen LogP contribution in [0.25, 0.3) is 137 Å². The van der Waals surface area contributed by atoms with Crippen LogP contribution in [0.4, 0.5) is 0 Å². The lowest BCUT2D eigenvalue weighted by Crippen LogP contribution is -1.93. The maximum absolute atomic E-state index is 5.85. The zero-order valence-corrected chi connectivity index (χ0v) is 31.6. The van der Waals surface area contributed by atoms with Crippen LogP contribution >= 0.6 is 0 Å². The number of hydrogen-bond acceptors (Lipinski definition) is 1. The number of rotatable bonds is 2. The molecule has 6 heterocycles. The monoisotopic (exact) mass is 746 g/mol. The van der Waals surface area contributed by atoms with Gasteiger partial charge in [-0.3, -0.25) is 4.40 Å². The van der Waals surface area contributed by atoms with Gasteiger partial charge in [0.2, 0.25) is 0 Å². The maximum Gasteiger partial charge on any atom is 0.146 e. The topological polar surface area (TPSA) is 26.6 Å². The summed E-state index contributed by atoms with van der Waals surface area (Å²) in [5.41, 5.74) is 14.1. The smallest absolute Gasteiger partial charge is 0.146 e. The van der Waals surface area contributed by atoms with E-state index in [1.807, 2.05) is 0 Å². The van der Waals surface area contributed by atoms with Gasteiger partial charge in [-0.15, -0.1) is 0 Å². The molecule has 0 radical (unpaired) electrons. The molecule has 4 heteroatoms. The SMILES string of the molecule is c1ccc(-n2c3ccccc3c3cc(-c4c5ccccc5cc5c6cccc7c8cc9c(nc8n(c45)c76)c4c5ccccc5cc5c6ccccc6n9c54)ccc32)cc1. The first kappa shape index (κ1) is 30.2. The zero-order valence-electron chi connectivity index (χ0n) is 31.6.